The predicted molar refractivity (Wildman–Crippen MR) is 108 cm³/mol. The molecule has 0 atom stereocenters. The highest BCUT2D eigenvalue weighted by Crippen LogP contribution is 2.36. The van der Waals surface area contributed by atoms with Gasteiger partial charge in [0.2, 0.25) is 5.95 Å². The minimum absolute atomic E-state index is 0.354. The van der Waals surface area contributed by atoms with Crippen LogP contribution in [-0.2, 0) is 0 Å². The molecule has 7 nitrogen and oxygen atoms in total. The Labute approximate surface area is 160 Å². The van der Waals surface area contributed by atoms with E-state index in [4.69, 9.17) is 20.7 Å². The summed E-state index contributed by atoms with van der Waals surface area (Å²) in [5.41, 5.74) is 8.01. The molecule has 0 amide bonds. The Balaban J connectivity index is 1.50. The monoisotopic (exact) mass is 369 g/mol. The van der Waals surface area contributed by atoms with E-state index in [0.717, 1.165) is 48.6 Å². The molecule has 3 aliphatic rings. The van der Waals surface area contributed by atoms with Crippen LogP contribution in [0.25, 0.3) is 11.2 Å². The first-order chi connectivity index (χ1) is 13.2. The number of nitrogens with two attached hydrogens (primary N) is 1. The number of hydrogen-bond donors (Lipinski definition) is 2. The third kappa shape index (κ3) is 3.37. The van der Waals surface area contributed by atoms with Crippen LogP contribution < -0.4 is 16.0 Å². The van der Waals surface area contributed by atoms with Gasteiger partial charge in [0, 0.05) is 31.2 Å². The topological polar surface area (TPSA) is 84.9 Å². The molecular weight excluding hydrogens is 338 g/mol. The Kier molecular flexibility index (Phi) is 4.42. The number of hydrogen-bond acceptors (Lipinski definition) is 6. The zero-order valence-corrected chi connectivity index (χ0v) is 16.3. The van der Waals surface area contributed by atoms with Gasteiger partial charge in [-0.15, -0.1) is 0 Å². The summed E-state index contributed by atoms with van der Waals surface area (Å²) in [7, 11) is 2.15. The third-order valence-electron chi connectivity index (χ3n) is 6.65. The lowest BCUT2D eigenvalue weighted by Gasteiger charge is -2.27. The van der Waals surface area contributed by atoms with Crippen molar-refractivity contribution in [3.05, 3.63) is 6.33 Å². The van der Waals surface area contributed by atoms with Crippen LogP contribution in [0.3, 0.4) is 0 Å². The number of aromatic nitrogens is 4. The van der Waals surface area contributed by atoms with E-state index in [9.17, 15) is 0 Å². The number of imidazole rings is 1. The Morgan fingerprint density at radius 2 is 1.78 bits per heavy atom. The lowest BCUT2D eigenvalue weighted by Crippen LogP contribution is -2.33. The first-order valence-electron chi connectivity index (χ1n) is 10.7. The lowest BCUT2D eigenvalue weighted by molar-refractivity contribution is 0.410. The molecule has 27 heavy (non-hydrogen) atoms. The summed E-state index contributed by atoms with van der Waals surface area (Å²) in [6.07, 6.45) is 13.9. The normalized spacial score (nSPS) is 26.6. The van der Waals surface area contributed by atoms with Gasteiger partial charge in [-0.05, 0) is 51.4 Å². The fourth-order valence-electron chi connectivity index (χ4n) is 4.74. The van der Waals surface area contributed by atoms with Crippen LogP contribution in [-0.4, -0.2) is 44.7 Å². The summed E-state index contributed by atoms with van der Waals surface area (Å²) >= 11 is 0. The van der Waals surface area contributed by atoms with E-state index in [1.807, 2.05) is 6.33 Å². The molecule has 146 valence electrons. The maximum atomic E-state index is 6.07. The average Bonchev–Trinajstić information content (AvgIpc) is 3.21. The molecule has 0 aromatic carbocycles. The summed E-state index contributed by atoms with van der Waals surface area (Å²) in [5, 5.41) is 3.61. The molecule has 3 saturated carbocycles. The quantitative estimate of drug-likeness (QED) is 0.842. The maximum Gasteiger partial charge on any atom is 0.227 e. The van der Waals surface area contributed by atoms with E-state index in [2.05, 4.69) is 21.8 Å². The van der Waals surface area contributed by atoms with E-state index < -0.39 is 0 Å². The minimum atomic E-state index is 0.354. The molecule has 3 aliphatic carbocycles. The molecule has 0 saturated heterocycles. The number of anilines is 2. The highest BCUT2D eigenvalue weighted by atomic mass is 15.3. The number of nitrogens with one attached hydrogen (secondary N) is 1. The van der Waals surface area contributed by atoms with Crippen LogP contribution >= 0.6 is 0 Å². The molecule has 3 fully saturated rings. The molecular formula is C20H31N7. The summed E-state index contributed by atoms with van der Waals surface area (Å²) < 4.78 is 2.30. The summed E-state index contributed by atoms with van der Waals surface area (Å²) in [6.45, 7) is 0. The maximum absolute atomic E-state index is 6.07. The van der Waals surface area contributed by atoms with Crippen molar-refractivity contribution in [1.29, 1.82) is 0 Å². The second-order valence-electron chi connectivity index (χ2n) is 8.73. The highest BCUT2D eigenvalue weighted by Gasteiger charge is 2.31. The molecule has 2 aromatic rings. The van der Waals surface area contributed by atoms with Crippen LogP contribution in [0, 0.1) is 0 Å². The fourth-order valence-corrected chi connectivity index (χ4v) is 4.74. The molecule has 3 N–H and O–H groups in total. The molecule has 0 bridgehead atoms. The van der Waals surface area contributed by atoms with E-state index >= 15 is 0 Å². The van der Waals surface area contributed by atoms with Crippen LogP contribution in [0.2, 0.25) is 0 Å². The largest absolute Gasteiger partial charge is 0.355 e. The van der Waals surface area contributed by atoms with Crippen LogP contribution in [0.5, 0.6) is 0 Å². The van der Waals surface area contributed by atoms with E-state index in [0.29, 0.717) is 24.2 Å². The number of nitrogens with zero attached hydrogens (tertiary/aromatic N) is 5. The van der Waals surface area contributed by atoms with Crippen molar-refractivity contribution in [1.82, 2.24) is 19.5 Å². The fraction of sp³-hybridized carbons (Fsp3) is 0.750. The Hall–Kier alpha value is -1.89. The van der Waals surface area contributed by atoms with Crippen molar-refractivity contribution in [2.75, 3.05) is 17.3 Å². The average molecular weight is 370 g/mol. The standard InChI is InChI=1S/C20H31N7/c1-26(15-10-11-15)18-17-19(27(12-22-17)16-4-2-3-5-16)25-20(24-18)23-14-8-6-13(21)7-9-14/h12-16H,2-11,21H2,1H3,(H,23,24,25)/t13-,14-. The van der Waals surface area contributed by atoms with Crippen molar-refractivity contribution in [3.63, 3.8) is 0 Å². The molecule has 2 heterocycles. The van der Waals surface area contributed by atoms with Crippen LogP contribution in [0.15, 0.2) is 6.33 Å². The second kappa shape index (κ2) is 6.93. The molecule has 2 aromatic heterocycles. The first-order valence-corrected chi connectivity index (χ1v) is 10.7. The van der Waals surface area contributed by atoms with Gasteiger partial charge in [-0.3, -0.25) is 0 Å². The van der Waals surface area contributed by atoms with Crippen molar-refractivity contribution < 1.29 is 0 Å². The van der Waals surface area contributed by atoms with Gasteiger partial charge >= 0.3 is 0 Å². The lowest BCUT2D eigenvalue weighted by atomic mass is 9.92. The number of fused-ring (bicyclic) bond motifs is 1. The van der Waals surface area contributed by atoms with Gasteiger partial charge in [0.25, 0.3) is 0 Å². The van der Waals surface area contributed by atoms with Gasteiger partial charge in [-0.25, -0.2) is 4.98 Å². The predicted octanol–water partition coefficient (Wildman–Crippen LogP) is 3.22. The van der Waals surface area contributed by atoms with Gasteiger partial charge < -0.3 is 20.5 Å². The van der Waals surface area contributed by atoms with Gasteiger partial charge in [0.1, 0.15) is 0 Å². The van der Waals surface area contributed by atoms with Gasteiger partial charge in [-0.2, -0.15) is 9.97 Å². The minimum Gasteiger partial charge on any atom is -0.355 e. The van der Waals surface area contributed by atoms with Crippen molar-refractivity contribution >= 4 is 22.9 Å². The van der Waals surface area contributed by atoms with Gasteiger partial charge in [-0.1, -0.05) is 12.8 Å². The van der Waals surface area contributed by atoms with Crippen molar-refractivity contribution in [2.24, 2.45) is 5.73 Å². The number of rotatable bonds is 5. The highest BCUT2D eigenvalue weighted by molar-refractivity contribution is 5.85. The Morgan fingerprint density at radius 1 is 1.04 bits per heavy atom. The Bertz CT molecular complexity index is 798. The van der Waals surface area contributed by atoms with Crippen molar-refractivity contribution in [3.8, 4) is 0 Å². The zero-order chi connectivity index (χ0) is 18.4. The first kappa shape index (κ1) is 17.2. The molecule has 0 unspecified atom stereocenters. The molecule has 7 heteroatoms. The van der Waals surface area contributed by atoms with Gasteiger partial charge in [0.05, 0.1) is 6.33 Å². The summed E-state index contributed by atoms with van der Waals surface area (Å²) in [5.74, 6) is 1.74. The van der Waals surface area contributed by atoms with Crippen LogP contribution in [0.4, 0.5) is 11.8 Å². The van der Waals surface area contributed by atoms with E-state index in [1.165, 1.54) is 38.5 Å². The molecule has 0 aliphatic heterocycles. The molecule has 0 spiro atoms. The van der Waals surface area contributed by atoms with Crippen molar-refractivity contribution in [2.45, 2.75) is 88.4 Å². The second-order valence-corrected chi connectivity index (χ2v) is 8.73. The van der Waals surface area contributed by atoms with Gasteiger partial charge in [0.15, 0.2) is 17.0 Å². The summed E-state index contributed by atoms with van der Waals surface area (Å²) in [6, 6.07) is 1.90. The third-order valence-corrected chi connectivity index (χ3v) is 6.65. The Morgan fingerprint density at radius 3 is 2.48 bits per heavy atom. The van der Waals surface area contributed by atoms with E-state index in [-0.39, 0.29) is 0 Å². The van der Waals surface area contributed by atoms with Crippen LogP contribution in [0.1, 0.15) is 70.3 Å². The molecule has 0 radical (unpaired) electrons. The zero-order valence-electron chi connectivity index (χ0n) is 16.3. The summed E-state index contributed by atoms with van der Waals surface area (Å²) in [4.78, 5) is 16.9. The van der Waals surface area contributed by atoms with E-state index in [1.54, 1.807) is 0 Å². The smallest absolute Gasteiger partial charge is 0.227 e. The molecule has 5 rings (SSSR count). The SMILES string of the molecule is CN(c1nc(N[C@H]2CC[C@H](N)CC2)nc2c1ncn2C1CCCC1)C1CC1.